The lowest BCUT2D eigenvalue weighted by atomic mass is 10.4. The van der Waals surface area contributed by atoms with Crippen LogP contribution in [0.3, 0.4) is 0 Å². The maximum Gasteiger partial charge on any atom is 0.257 e. The van der Waals surface area contributed by atoms with E-state index in [1.54, 1.807) is 0 Å². The molecule has 0 fully saturated rings. The van der Waals surface area contributed by atoms with Gasteiger partial charge >= 0.3 is 0 Å². The molecule has 0 aromatic carbocycles. The molecule has 2 N–H and O–H groups in total. The van der Waals surface area contributed by atoms with E-state index in [2.05, 4.69) is 15.1 Å². The maximum absolute atomic E-state index is 11.8. The summed E-state index contributed by atoms with van der Waals surface area (Å²) >= 11 is 0. The molecule has 0 aliphatic heterocycles. The van der Waals surface area contributed by atoms with Crippen molar-refractivity contribution in [3.8, 4) is 0 Å². The van der Waals surface area contributed by atoms with Crippen LogP contribution in [0.1, 0.15) is 13.3 Å². The average molecular weight is 283 g/mol. The summed E-state index contributed by atoms with van der Waals surface area (Å²) in [5, 5.41) is 7.11. The highest BCUT2D eigenvalue weighted by Crippen LogP contribution is 2.07. The highest BCUT2D eigenvalue weighted by Gasteiger charge is 2.17. The first-order chi connectivity index (χ1) is 7.61. The van der Waals surface area contributed by atoms with Crippen molar-refractivity contribution in [2.45, 2.75) is 24.9 Å². The van der Waals surface area contributed by atoms with Gasteiger partial charge in [0.1, 0.15) is 0 Å². The molecule has 0 bridgehead atoms. The standard InChI is InChI=1S/C9H18N4O2S.ClH/c1-3-13-9(5-8-11-13)16(14,15)12-7-4-6-10-2;/h5,8,10,12H,3-4,6-7H2,1-2H3;1H. The molecule has 0 atom stereocenters. The van der Waals surface area contributed by atoms with E-state index in [4.69, 9.17) is 0 Å². The molecule has 0 spiro atoms. The zero-order valence-electron chi connectivity index (χ0n) is 10.0. The highest BCUT2D eigenvalue weighted by atomic mass is 35.5. The molecule has 0 radical (unpaired) electrons. The summed E-state index contributed by atoms with van der Waals surface area (Å²) in [4.78, 5) is 0. The fraction of sp³-hybridized carbons (Fsp3) is 0.667. The first-order valence-electron chi connectivity index (χ1n) is 5.28. The van der Waals surface area contributed by atoms with Crippen LogP contribution in [-0.2, 0) is 16.6 Å². The Kier molecular flexibility index (Phi) is 7.37. The quantitative estimate of drug-likeness (QED) is 0.701. The zero-order chi connectivity index (χ0) is 12.0. The van der Waals surface area contributed by atoms with Crippen molar-refractivity contribution in [3.63, 3.8) is 0 Å². The third-order valence-electron chi connectivity index (χ3n) is 2.15. The summed E-state index contributed by atoms with van der Waals surface area (Å²) in [5.74, 6) is 0. The first kappa shape index (κ1) is 16.4. The van der Waals surface area contributed by atoms with E-state index < -0.39 is 10.0 Å². The van der Waals surface area contributed by atoms with Gasteiger partial charge in [0.25, 0.3) is 10.0 Å². The van der Waals surface area contributed by atoms with Crippen molar-refractivity contribution >= 4 is 22.4 Å². The predicted octanol–water partition coefficient (Wildman–Crippen LogP) is 0.213. The monoisotopic (exact) mass is 282 g/mol. The fourth-order valence-corrected chi connectivity index (χ4v) is 2.59. The lowest BCUT2D eigenvalue weighted by molar-refractivity contribution is 0.541. The fourth-order valence-electron chi connectivity index (χ4n) is 1.33. The molecule has 17 heavy (non-hydrogen) atoms. The van der Waals surface area contributed by atoms with Crippen LogP contribution in [0.5, 0.6) is 0 Å². The highest BCUT2D eigenvalue weighted by molar-refractivity contribution is 7.89. The van der Waals surface area contributed by atoms with Gasteiger partial charge in [-0.3, -0.25) is 4.68 Å². The van der Waals surface area contributed by atoms with Crippen LogP contribution < -0.4 is 10.0 Å². The SMILES string of the molecule is CCn1nccc1S(=O)(=O)NCCCNC.Cl. The number of nitrogens with one attached hydrogen (secondary N) is 2. The summed E-state index contributed by atoms with van der Waals surface area (Å²) in [6, 6.07) is 1.50. The minimum Gasteiger partial charge on any atom is -0.320 e. The largest absolute Gasteiger partial charge is 0.320 e. The number of halogens is 1. The molecule has 0 amide bonds. The van der Waals surface area contributed by atoms with Gasteiger partial charge in [0.15, 0.2) is 5.03 Å². The second kappa shape index (κ2) is 7.65. The molecular weight excluding hydrogens is 264 g/mol. The van der Waals surface area contributed by atoms with E-state index in [1.807, 2.05) is 14.0 Å². The van der Waals surface area contributed by atoms with E-state index in [0.717, 1.165) is 13.0 Å². The lowest BCUT2D eigenvalue weighted by Gasteiger charge is -2.07. The first-order valence-corrected chi connectivity index (χ1v) is 6.76. The maximum atomic E-state index is 11.8. The van der Waals surface area contributed by atoms with E-state index in [-0.39, 0.29) is 17.4 Å². The number of hydrogen-bond donors (Lipinski definition) is 2. The molecule has 8 heteroatoms. The van der Waals surface area contributed by atoms with Gasteiger partial charge in [0.2, 0.25) is 0 Å². The minimum absolute atomic E-state index is 0. The van der Waals surface area contributed by atoms with Gasteiger partial charge in [-0.15, -0.1) is 12.4 Å². The van der Waals surface area contributed by atoms with Gasteiger partial charge in [0.05, 0.1) is 6.20 Å². The third-order valence-corrected chi connectivity index (χ3v) is 3.63. The number of aromatic nitrogens is 2. The zero-order valence-corrected chi connectivity index (χ0v) is 11.6. The predicted molar refractivity (Wildman–Crippen MR) is 68.9 cm³/mol. The molecule has 1 aromatic rings. The summed E-state index contributed by atoms with van der Waals surface area (Å²) < 4.78 is 27.7. The summed E-state index contributed by atoms with van der Waals surface area (Å²) in [5.41, 5.74) is 0. The van der Waals surface area contributed by atoms with Crippen LogP contribution in [0, 0.1) is 0 Å². The van der Waals surface area contributed by atoms with Gasteiger partial charge in [-0.05, 0) is 33.0 Å². The molecule has 0 aliphatic rings. The van der Waals surface area contributed by atoms with E-state index in [9.17, 15) is 8.42 Å². The van der Waals surface area contributed by atoms with Crippen molar-refractivity contribution < 1.29 is 8.42 Å². The van der Waals surface area contributed by atoms with Crippen LogP contribution in [0.15, 0.2) is 17.3 Å². The van der Waals surface area contributed by atoms with Crippen molar-refractivity contribution in [1.82, 2.24) is 19.8 Å². The van der Waals surface area contributed by atoms with Crippen molar-refractivity contribution in [2.24, 2.45) is 0 Å². The summed E-state index contributed by atoms with van der Waals surface area (Å²) in [6.07, 6.45) is 2.25. The second-order valence-electron chi connectivity index (χ2n) is 3.34. The molecule has 1 rings (SSSR count). The minimum atomic E-state index is -3.42. The Balaban J connectivity index is 0.00000256. The van der Waals surface area contributed by atoms with Crippen LogP contribution in [0.2, 0.25) is 0 Å². The van der Waals surface area contributed by atoms with Gasteiger partial charge in [-0.1, -0.05) is 0 Å². The van der Waals surface area contributed by atoms with Crippen LogP contribution in [-0.4, -0.2) is 38.3 Å². The summed E-state index contributed by atoms with van der Waals surface area (Å²) in [7, 11) is -1.58. The van der Waals surface area contributed by atoms with Crippen LogP contribution in [0.4, 0.5) is 0 Å². The lowest BCUT2D eigenvalue weighted by Crippen LogP contribution is -2.28. The van der Waals surface area contributed by atoms with Crippen LogP contribution >= 0.6 is 12.4 Å². The van der Waals surface area contributed by atoms with Crippen molar-refractivity contribution in [2.75, 3.05) is 20.1 Å². The molecule has 0 unspecified atom stereocenters. The number of aryl methyl sites for hydroxylation is 1. The Morgan fingerprint density at radius 3 is 2.71 bits per heavy atom. The van der Waals surface area contributed by atoms with E-state index in [0.29, 0.717) is 13.1 Å². The van der Waals surface area contributed by atoms with Gasteiger partial charge in [-0.25, -0.2) is 13.1 Å². The van der Waals surface area contributed by atoms with Crippen molar-refractivity contribution in [3.05, 3.63) is 12.3 Å². The van der Waals surface area contributed by atoms with Gasteiger partial charge in [0, 0.05) is 13.1 Å². The number of nitrogens with zero attached hydrogens (tertiary/aromatic N) is 2. The molecule has 0 saturated heterocycles. The average Bonchev–Trinajstić information content (AvgIpc) is 2.73. The Morgan fingerprint density at radius 1 is 1.41 bits per heavy atom. The molecule has 0 saturated carbocycles. The Labute approximate surface area is 108 Å². The number of rotatable bonds is 7. The Morgan fingerprint density at radius 2 is 2.12 bits per heavy atom. The number of sulfonamides is 1. The normalized spacial score (nSPS) is 11.2. The van der Waals surface area contributed by atoms with Crippen LogP contribution in [0.25, 0.3) is 0 Å². The second-order valence-corrected chi connectivity index (χ2v) is 5.05. The molecule has 1 heterocycles. The topological polar surface area (TPSA) is 76.0 Å². The van der Waals surface area contributed by atoms with E-state index >= 15 is 0 Å². The smallest absolute Gasteiger partial charge is 0.257 e. The van der Waals surface area contributed by atoms with Crippen molar-refractivity contribution in [1.29, 1.82) is 0 Å². The molecule has 6 nitrogen and oxygen atoms in total. The summed E-state index contributed by atoms with van der Waals surface area (Å²) in [6.45, 7) is 3.61. The third kappa shape index (κ3) is 4.63. The molecule has 0 aliphatic carbocycles. The van der Waals surface area contributed by atoms with Gasteiger partial charge in [-0.2, -0.15) is 5.10 Å². The molecular formula is C9H19ClN4O2S. The molecule has 100 valence electrons. The Bertz CT molecular complexity index is 418. The number of hydrogen-bond acceptors (Lipinski definition) is 4. The van der Waals surface area contributed by atoms with Gasteiger partial charge < -0.3 is 5.32 Å². The Hall–Kier alpha value is -0.630. The molecule has 1 aromatic heterocycles. The van der Waals surface area contributed by atoms with E-state index in [1.165, 1.54) is 16.9 Å².